The van der Waals surface area contributed by atoms with E-state index < -0.39 is 0 Å². The molecule has 0 spiro atoms. The Kier molecular flexibility index (Phi) is 6.80. The highest BCUT2D eigenvalue weighted by Crippen LogP contribution is 2.35. The molecule has 0 saturated carbocycles. The van der Waals surface area contributed by atoms with Gasteiger partial charge in [0.15, 0.2) is 0 Å². The zero-order chi connectivity index (χ0) is 26.3. The van der Waals surface area contributed by atoms with Gasteiger partial charge < -0.3 is 9.47 Å². The van der Waals surface area contributed by atoms with Crippen LogP contribution >= 0.6 is 15.9 Å². The molecule has 1 fully saturated rings. The van der Waals surface area contributed by atoms with E-state index in [-0.39, 0.29) is 34.8 Å². The SMILES string of the molecule is CC1CN(c2c(C#N)c(=O)n(C)c3ccc(Br)nc23)CCN1C(c1ccc(F)cc1)c1ccc(F)cc1. The van der Waals surface area contributed by atoms with E-state index in [0.29, 0.717) is 41.0 Å². The Morgan fingerprint density at radius 1 is 1.00 bits per heavy atom. The van der Waals surface area contributed by atoms with Crippen LogP contribution in [0.25, 0.3) is 11.0 Å². The summed E-state index contributed by atoms with van der Waals surface area (Å²) in [6.45, 7) is 3.74. The van der Waals surface area contributed by atoms with E-state index in [1.807, 2.05) is 6.07 Å². The predicted molar refractivity (Wildman–Crippen MR) is 142 cm³/mol. The van der Waals surface area contributed by atoms with Crippen LogP contribution in [0.4, 0.5) is 14.5 Å². The molecule has 5 rings (SSSR count). The fourth-order valence-electron chi connectivity index (χ4n) is 5.20. The molecule has 0 N–H and O–H groups in total. The zero-order valence-corrected chi connectivity index (χ0v) is 21.9. The third-order valence-electron chi connectivity index (χ3n) is 6.99. The first kappa shape index (κ1) is 25.1. The summed E-state index contributed by atoms with van der Waals surface area (Å²) in [4.78, 5) is 22.0. The van der Waals surface area contributed by atoms with Crippen molar-refractivity contribution in [2.24, 2.45) is 7.05 Å². The van der Waals surface area contributed by atoms with Crippen LogP contribution < -0.4 is 10.5 Å². The average Bonchev–Trinajstić information content (AvgIpc) is 2.89. The Bertz CT molecular complexity index is 1520. The van der Waals surface area contributed by atoms with E-state index in [9.17, 15) is 18.8 Å². The second-order valence-corrected chi connectivity index (χ2v) is 10.1. The maximum absolute atomic E-state index is 13.7. The highest BCUT2D eigenvalue weighted by Gasteiger charge is 2.34. The lowest BCUT2D eigenvalue weighted by Gasteiger charge is -2.45. The fourth-order valence-corrected chi connectivity index (χ4v) is 5.51. The summed E-state index contributed by atoms with van der Waals surface area (Å²) in [5.41, 5.74) is 3.27. The number of hydrogen-bond acceptors (Lipinski definition) is 5. The Balaban J connectivity index is 1.55. The van der Waals surface area contributed by atoms with Crippen LogP contribution in [0.3, 0.4) is 0 Å². The topological polar surface area (TPSA) is 65.2 Å². The number of aromatic nitrogens is 2. The first-order chi connectivity index (χ1) is 17.8. The molecule has 2 aromatic carbocycles. The fraction of sp³-hybridized carbons (Fsp3) is 0.250. The maximum Gasteiger partial charge on any atom is 0.270 e. The molecule has 1 unspecified atom stereocenters. The third-order valence-corrected chi connectivity index (χ3v) is 7.43. The number of nitriles is 1. The molecule has 4 aromatic rings. The largest absolute Gasteiger partial charge is 0.366 e. The molecule has 3 heterocycles. The van der Waals surface area contributed by atoms with Gasteiger partial charge in [-0.15, -0.1) is 0 Å². The van der Waals surface area contributed by atoms with Gasteiger partial charge in [0.25, 0.3) is 5.56 Å². The van der Waals surface area contributed by atoms with Crippen molar-refractivity contribution in [1.29, 1.82) is 5.26 Å². The normalized spacial score (nSPS) is 16.4. The van der Waals surface area contributed by atoms with Crippen molar-refractivity contribution in [3.8, 4) is 6.07 Å². The zero-order valence-electron chi connectivity index (χ0n) is 20.3. The van der Waals surface area contributed by atoms with Crippen LogP contribution in [0, 0.1) is 23.0 Å². The van der Waals surface area contributed by atoms with Gasteiger partial charge in [-0.05, 0) is 70.4 Å². The van der Waals surface area contributed by atoms with Gasteiger partial charge in [0, 0.05) is 32.7 Å². The molecule has 0 radical (unpaired) electrons. The van der Waals surface area contributed by atoms with E-state index in [1.165, 1.54) is 28.8 Å². The first-order valence-corrected chi connectivity index (χ1v) is 12.7. The maximum atomic E-state index is 13.7. The molecule has 37 heavy (non-hydrogen) atoms. The van der Waals surface area contributed by atoms with Crippen molar-refractivity contribution in [2.45, 2.75) is 19.0 Å². The number of anilines is 1. The molecule has 1 atom stereocenters. The molecular formula is C28H24BrF2N5O. The number of hydrogen-bond donors (Lipinski definition) is 0. The molecule has 6 nitrogen and oxygen atoms in total. The number of piperazine rings is 1. The second kappa shape index (κ2) is 10.0. The predicted octanol–water partition coefficient (Wildman–Crippen LogP) is 5.15. The van der Waals surface area contributed by atoms with Gasteiger partial charge in [-0.2, -0.15) is 5.26 Å². The van der Waals surface area contributed by atoms with E-state index >= 15 is 0 Å². The van der Waals surface area contributed by atoms with Crippen molar-refractivity contribution in [2.75, 3.05) is 24.5 Å². The minimum absolute atomic E-state index is 0.0216. The minimum atomic E-state index is -0.361. The number of pyridine rings is 2. The van der Waals surface area contributed by atoms with Gasteiger partial charge in [-0.1, -0.05) is 24.3 Å². The molecular weight excluding hydrogens is 540 g/mol. The lowest BCUT2D eigenvalue weighted by molar-refractivity contribution is 0.150. The smallest absolute Gasteiger partial charge is 0.270 e. The van der Waals surface area contributed by atoms with Crippen molar-refractivity contribution in [3.05, 3.63) is 104 Å². The molecule has 1 saturated heterocycles. The first-order valence-electron chi connectivity index (χ1n) is 11.9. The van der Waals surface area contributed by atoms with Crippen molar-refractivity contribution < 1.29 is 8.78 Å². The van der Waals surface area contributed by atoms with Crippen LogP contribution in [-0.2, 0) is 7.05 Å². The summed E-state index contributed by atoms with van der Waals surface area (Å²) >= 11 is 3.42. The molecule has 1 aliphatic heterocycles. The molecule has 2 aromatic heterocycles. The van der Waals surface area contributed by atoms with Crippen molar-refractivity contribution in [3.63, 3.8) is 0 Å². The lowest BCUT2D eigenvalue weighted by Crippen LogP contribution is -2.53. The highest BCUT2D eigenvalue weighted by molar-refractivity contribution is 9.10. The van der Waals surface area contributed by atoms with Gasteiger partial charge in [-0.25, -0.2) is 13.8 Å². The number of aryl methyl sites for hydroxylation is 1. The lowest BCUT2D eigenvalue weighted by atomic mass is 9.94. The Hall–Kier alpha value is -3.61. The van der Waals surface area contributed by atoms with E-state index in [0.717, 1.165) is 11.1 Å². The monoisotopic (exact) mass is 563 g/mol. The summed E-state index contributed by atoms with van der Waals surface area (Å²) < 4.78 is 29.5. The molecule has 188 valence electrons. The van der Waals surface area contributed by atoms with E-state index in [1.54, 1.807) is 37.4 Å². The second-order valence-electron chi connectivity index (χ2n) is 9.24. The molecule has 0 amide bonds. The van der Waals surface area contributed by atoms with Crippen LogP contribution in [0.15, 0.2) is 70.1 Å². The summed E-state index contributed by atoms with van der Waals surface area (Å²) in [6, 6.07) is 18.2. The third kappa shape index (κ3) is 4.63. The summed E-state index contributed by atoms with van der Waals surface area (Å²) in [7, 11) is 1.64. The van der Waals surface area contributed by atoms with Crippen molar-refractivity contribution >= 4 is 32.7 Å². The van der Waals surface area contributed by atoms with Gasteiger partial charge in [-0.3, -0.25) is 9.69 Å². The Morgan fingerprint density at radius 3 is 2.14 bits per heavy atom. The minimum Gasteiger partial charge on any atom is -0.366 e. The van der Waals surface area contributed by atoms with Crippen LogP contribution in [0.1, 0.15) is 29.7 Å². The standard InChI is InChI=1S/C28H24BrF2N5O/c1-17-16-35(27-22(15-32)28(37)34(2)23-11-12-24(29)33-25(23)27)13-14-36(17)26(18-3-7-20(30)8-4-18)19-5-9-21(31)10-6-19/h3-12,17,26H,13-14,16H2,1-2H3. The van der Waals surface area contributed by atoms with E-state index in [4.69, 9.17) is 0 Å². The number of rotatable bonds is 4. The van der Waals surface area contributed by atoms with Crippen LogP contribution in [-0.4, -0.2) is 40.1 Å². The van der Waals surface area contributed by atoms with Crippen LogP contribution in [0.5, 0.6) is 0 Å². The summed E-state index contributed by atoms with van der Waals surface area (Å²) in [5.74, 6) is -0.639. The molecule has 1 aliphatic rings. The quantitative estimate of drug-likeness (QED) is 0.321. The summed E-state index contributed by atoms with van der Waals surface area (Å²) in [6.07, 6.45) is 0. The highest BCUT2D eigenvalue weighted by atomic mass is 79.9. The number of benzene rings is 2. The van der Waals surface area contributed by atoms with Gasteiger partial charge >= 0.3 is 0 Å². The number of nitrogens with zero attached hydrogens (tertiary/aromatic N) is 5. The number of halogens is 3. The summed E-state index contributed by atoms with van der Waals surface area (Å²) in [5, 5.41) is 9.93. The number of fused-ring (bicyclic) bond motifs is 1. The van der Waals surface area contributed by atoms with Crippen LogP contribution in [0.2, 0.25) is 0 Å². The van der Waals surface area contributed by atoms with Crippen molar-refractivity contribution in [1.82, 2.24) is 14.5 Å². The molecule has 9 heteroatoms. The van der Waals surface area contributed by atoms with Gasteiger partial charge in [0.2, 0.25) is 0 Å². The van der Waals surface area contributed by atoms with E-state index in [2.05, 4.69) is 43.7 Å². The Morgan fingerprint density at radius 2 is 1.59 bits per heavy atom. The molecule has 0 aliphatic carbocycles. The average molecular weight is 564 g/mol. The van der Waals surface area contributed by atoms with Gasteiger partial charge in [0.1, 0.15) is 33.4 Å². The Labute approximate surface area is 221 Å². The molecule has 0 bridgehead atoms. The van der Waals surface area contributed by atoms with Gasteiger partial charge in [0.05, 0.1) is 17.2 Å².